The monoisotopic (exact) mass is 238 g/mol. The molecule has 0 fully saturated rings. The van der Waals surface area contributed by atoms with Crippen molar-refractivity contribution in [2.75, 3.05) is 26.4 Å². The summed E-state index contributed by atoms with van der Waals surface area (Å²) in [6.07, 6.45) is 0. The molecule has 1 aromatic rings. The van der Waals surface area contributed by atoms with Gasteiger partial charge in [0.15, 0.2) is 0 Å². The quantitative estimate of drug-likeness (QED) is 0.737. The molecule has 0 heterocycles. The van der Waals surface area contributed by atoms with Crippen LogP contribution in [0.25, 0.3) is 0 Å². The molecule has 0 aliphatic carbocycles. The Balaban J connectivity index is 2.53. The van der Waals surface area contributed by atoms with Gasteiger partial charge < -0.3 is 4.90 Å². The SMILES string of the molecule is CN(C)CCSCc1cc(F)ccc1C#N. The molecule has 0 saturated heterocycles. The molecule has 0 aliphatic rings. The highest BCUT2D eigenvalue weighted by Crippen LogP contribution is 2.17. The van der Waals surface area contributed by atoms with Crippen molar-refractivity contribution in [3.8, 4) is 6.07 Å². The molecule has 1 aromatic carbocycles. The molecule has 0 saturated carbocycles. The molecule has 0 radical (unpaired) electrons. The minimum atomic E-state index is -0.276. The molecular weight excluding hydrogens is 223 g/mol. The topological polar surface area (TPSA) is 27.0 Å². The van der Waals surface area contributed by atoms with Crippen LogP contribution in [0.3, 0.4) is 0 Å². The summed E-state index contributed by atoms with van der Waals surface area (Å²) in [4.78, 5) is 2.10. The summed E-state index contributed by atoms with van der Waals surface area (Å²) in [6.45, 7) is 0.988. The third-order valence-corrected chi connectivity index (χ3v) is 3.11. The Morgan fingerprint density at radius 2 is 2.19 bits per heavy atom. The van der Waals surface area contributed by atoms with Crippen LogP contribution < -0.4 is 0 Å². The Kier molecular flexibility index (Phi) is 5.30. The molecule has 0 unspecified atom stereocenters. The molecule has 0 amide bonds. The van der Waals surface area contributed by atoms with Crippen molar-refractivity contribution in [1.82, 2.24) is 4.90 Å². The van der Waals surface area contributed by atoms with Gasteiger partial charge in [0.05, 0.1) is 11.6 Å². The summed E-state index contributed by atoms with van der Waals surface area (Å²) in [7, 11) is 4.03. The maximum Gasteiger partial charge on any atom is 0.123 e. The van der Waals surface area contributed by atoms with Crippen LogP contribution in [0.5, 0.6) is 0 Å². The summed E-state index contributed by atoms with van der Waals surface area (Å²) in [5, 5.41) is 8.86. The van der Waals surface area contributed by atoms with E-state index < -0.39 is 0 Å². The first-order chi connectivity index (χ1) is 7.63. The van der Waals surface area contributed by atoms with Gasteiger partial charge in [-0.15, -0.1) is 0 Å². The summed E-state index contributed by atoms with van der Waals surface area (Å²) in [5.41, 5.74) is 1.35. The van der Waals surface area contributed by atoms with Gasteiger partial charge in [0.1, 0.15) is 5.82 Å². The zero-order valence-electron chi connectivity index (χ0n) is 9.53. The molecule has 86 valence electrons. The lowest BCUT2D eigenvalue weighted by Gasteiger charge is -2.09. The highest BCUT2D eigenvalue weighted by atomic mass is 32.2. The normalized spacial score (nSPS) is 10.4. The van der Waals surface area contributed by atoms with Crippen molar-refractivity contribution in [3.63, 3.8) is 0 Å². The smallest absolute Gasteiger partial charge is 0.123 e. The zero-order valence-corrected chi connectivity index (χ0v) is 10.4. The largest absolute Gasteiger partial charge is 0.309 e. The predicted octanol–water partition coefficient (Wildman–Crippen LogP) is 2.49. The van der Waals surface area contributed by atoms with E-state index >= 15 is 0 Å². The summed E-state index contributed by atoms with van der Waals surface area (Å²) < 4.78 is 13.0. The number of hydrogen-bond donors (Lipinski definition) is 0. The van der Waals surface area contributed by atoms with Crippen molar-refractivity contribution < 1.29 is 4.39 Å². The Labute approximate surface area is 100 Å². The van der Waals surface area contributed by atoms with Crippen molar-refractivity contribution in [3.05, 3.63) is 35.1 Å². The number of nitrogens with zero attached hydrogens (tertiary/aromatic N) is 2. The lowest BCUT2D eigenvalue weighted by Crippen LogP contribution is -2.14. The van der Waals surface area contributed by atoms with E-state index in [0.29, 0.717) is 11.3 Å². The third kappa shape index (κ3) is 4.21. The van der Waals surface area contributed by atoms with Gasteiger partial charge in [0, 0.05) is 18.1 Å². The van der Waals surface area contributed by atoms with Gasteiger partial charge >= 0.3 is 0 Å². The Bertz CT molecular complexity index is 385. The maximum absolute atomic E-state index is 13.0. The molecular formula is C12H15FN2S. The molecule has 0 bridgehead atoms. The van der Waals surface area contributed by atoms with Crippen LogP contribution in [0.1, 0.15) is 11.1 Å². The van der Waals surface area contributed by atoms with Crippen molar-refractivity contribution in [1.29, 1.82) is 5.26 Å². The van der Waals surface area contributed by atoms with Crippen molar-refractivity contribution >= 4 is 11.8 Å². The average Bonchev–Trinajstić information content (AvgIpc) is 2.24. The Morgan fingerprint density at radius 3 is 2.81 bits per heavy atom. The van der Waals surface area contributed by atoms with Gasteiger partial charge in [-0.2, -0.15) is 17.0 Å². The van der Waals surface area contributed by atoms with Crippen LogP contribution in [0.4, 0.5) is 4.39 Å². The second-order valence-electron chi connectivity index (χ2n) is 3.77. The average molecular weight is 238 g/mol. The highest BCUT2D eigenvalue weighted by molar-refractivity contribution is 7.98. The van der Waals surface area contributed by atoms with Crippen LogP contribution in [0, 0.1) is 17.1 Å². The summed E-state index contributed by atoms with van der Waals surface area (Å²) in [6, 6.07) is 6.39. The molecule has 0 aliphatic heterocycles. The fraction of sp³-hybridized carbons (Fsp3) is 0.417. The van der Waals surface area contributed by atoms with Crippen LogP contribution in [0.15, 0.2) is 18.2 Å². The molecule has 0 N–H and O–H groups in total. The summed E-state index contributed by atoms with van der Waals surface area (Å²) >= 11 is 1.71. The standard InChI is InChI=1S/C12H15FN2S/c1-15(2)5-6-16-9-11-7-12(13)4-3-10(11)8-14/h3-4,7H,5-6,9H2,1-2H3. The van der Waals surface area contributed by atoms with Gasteiger partial charge in [-0.25, -0.2) is 4.39 Å². The second kappa shape index (κ2) is 6.51. The number of thioether (sulfide) groups is 1. The lowest BCUT2D eigenvalue weighted by atomic mass is 10.1. The first-order valence-electron chi connectivity index (χ1n) is 5.04. The van der Waals surface area contributed by atoms with E-state index in [4.69, 9.17) is 5.26 Å². The van der Waals surface area contributed by atoms with Gasteiger partial charge in [-0.1, -0.05) is 0 Å². The van der Waals surface area contributed by atoms with Crippen molar-refractivity contribution in [2.24, 2.45) is 0 Å². The molecule has 0 spiro atoms. The number of nitriles is 1. The maximum atomic E-state index is 13.0. The van der Waals surface area contributed by atoms with Gasteiger partial charge in [-0.3, -0.25) is 0 Å². The first-order valence-corrected chi connectivity index (χ1v) is 6.20. The number of halogens is 1. The highest BCUT2D eigenvalue weighted by Gasteiger charge is 2.03. The Morgan fingerprint density at radius 1 is 1.44 bits per heavy atom. The van der Waals surface area contributed by atoms with E-state index in [1.807, 2.05) is 14.1 Å². The second-order valence-corrected chi connectivity index (χ2v) is 4.87. The van der Waals surface area contributed by atoms with Crippen molar-refractivity contribution in [2.45, 2.75) is 5.75 Å². The van der Waals surface area contributed by atoms with Gasteiger partial charge in [0.2, 0.25) is 0 Å². The zero-order chi connectivity index (χ0) is 12.0. The fourth-order valence-corrected chi connectivity index (χ4v) is 2.32. The van der Waals surface area contributed by atoms with E-state index in [2.05, 4.69) is 11.0 Å². The fourth-order valence-electron chi connectivity index (χ4n) is 1.22. The van der Waals surface area contributed by atoms with Crippen LogP contribution in [-0.4, -0.2) is 31.3 Å². The van der Waals surface area contributed by atoms with E-state index in [-0.39, 0.29) is 5.82 Å². The summed E-state index contributed by atoms with van der Waals surface area (Å²) in [5.74, 6) is 1.39. The molecule has 16 heavy (non-hydrogen) atoms. The van der Waals surface area contributed by atoms with E-state index in [1.54, 1.807) is 11.8 Å². The minimum Gasteiger partial charge on any atom is -0.309 e. The van der Waals surface area contributed by atoms with Crippen LogP contribution in [0.2, 0.25) is 0 Å². The molecule has 4 heteroatoms. The number of hydrogen-bond acceptors (Lipinski definition) is 3. The number of rotatable bonds is 5. The first kappa shape index (κ1) is 13.0. The molecule has 0 aromatic heterocycles. The van der Waals surface area contributed by atoms with Gasteiger partial charge in [-0.05, 0) is 37.9 Å². The van der Waals surface area contributed by atoms with Gasteiger partial charge in [0.25, 0.3) is 0 Å². The lowest BCUT2D eigenvalue weighted by molar-refractivity contribution is 0.437. The molecule has 0 atom stereocenters. The van der Waals surface area contributed by atoms with E-state index in [9.17, 15) is 4.39 Å². The molecule has 1 rings (SSSR count). The van der Waals surface area contributed by atoms with Crippen LogP contribution >= 0.6 is 11.8 Å². The molecule has 2 nitrogen and oxygen atoms in total. The predicted molar refractivity (Wildman–Crippen MR) is 65.8 cm³/mol. The number of benzene rings is 1. The van der Waals surface area contributed by atoms with Crippen LogP contribution in [-0.2, 0) is 5.75 Å². The third-order valence-electron chi connectivity index (χ3n) is 2.13. The van der Waals surface area contributed by atoms with E-state index in [0.717, 1.165) is 17.9 Å². The van der Waals surface area contributed by atoms with E-state index in [1.165, 1.54) is 18.2 Å². The Hall–Kier alpha value is -1.05. The minimum absolute atomic E-state index is 0.276.